The molecule has 0 bridgehead atoms. The largest absolute Gasteiger partial charge is 0.299 e. The summed E-state index contributed by atoms with van der Waals surface area (Å²) in [5.74, 6) is 0. The Bertz CT molecular complexity index is 283. The molecule has 0 fully saturated rings. The van der Waals surface area contributed by atoms with Crippen LogP contribution in [0, 0.1) is 0 Å². The second-order valence-corrected chi connectivity index (χ2v) is 2.29. The van der Waals surface area contributed by atoms with Gasteiger partial charge in [-0.05, 0) is 11.6 Å². The third-order valence-electron chi connectivity index (χ3n) is 1.39. The molecular weight excluding hydrogens is 148 g/mol. The van der Waals surface area contributed by atoms with Crippen molar-refractivity contribution in [1.29, 1.82) is 0 Å². The van der Waals surface area contributed by atoms with Crippen LogP contribution in [0.1, 0.15) is 5.56 Å². The molecular formula is C11H10O. The molecule has 0 radical (unpaired) electrons. The van der Waals surface area contributed by atoms with E-state index in [-0.39, 0.29) is 0 Å². The molecule has 0 atom stereocenters. The Kier molecular flexibility index (Phi) is 3.58. The van der Waals surface area contributed by atoms with Crippen molar-refractivity contribution in [1.82, 2.24) is 0 Å². The third-order valence-corrected chi connectivity index (χ3v) is 1.39. The van der Waals surface area contributed by atoms with Gasteiger partial charge in [0.1, 0.15) is 6.29 Å². The molecule has 0 aromatic heterocycles. The van der Waals surface area contributed by atoms with E-state index >= 15 is 0 Å². The molecule has 0 aliphatic carbocycles. The van der Waals surface area contributed by atoms with Gasteiger partial charge in [-0.1, -0.05) is 48.6 Å². The summed E-state index contributed by atoms with van der Waals surface area (Å²) < 4.78 is 0. The van der Waals surface area contributed by atoms with Crippen LogP contribution in [-0.4, -0.2) is 6.29 Å². The van der Waals surface area contributed by atoms with Crippen LogP contribution in [0.2, 0.25) is 0 Å². The Balaban J connectivity index is 2.58. The first-order valence-electron chi connectivity index (χ1n) is 3.77. The Morgan fingerprint density at radius 3 is 2.33 bits per heavy atom. The lowest BCUT2D eigenvalue weighted by Gasteiger charge is -1.87. The fourth-order valence-electron chi connectivity index (χ4n) is 0.840. The Morgan fingerprint density at radius 1 is 0.917 bits per heavy atom. The van der Waals surface area contributed by atoms with Gasteiger partial charge in [0.15, 0.2) is 0 Å². The van der Waals surface area contributed by atoms with Crippen molar-refractivity contribution in [3.63, 3.8) is 0 Å². The molecule has 1 nitrogen and oxygen atoms in total. The standard InChI is InChI=1S/C11H10O/c12-10-6-2-5-9-11-7-3-1-4-8-11/h1-10H/b6-2?,9-5+. The normalized spacial score (nSPS) is 11.0. The summed E-state index contributed by atoms with van der Waals surface area (Å²) in [6.07, 6.45) is 7.71. The lowest BCUT2D eigenvalue weighted by molar-refractivity contribution is -0.104. The topological polar surface area (TPSA) is 17.1 Å². The van der Waals surface area contributed by atoms with Crippen molar-refractivity contribution in [2.45, 2.75) is 0 Å². The summed E-state index contributed by atoms with van der Waals surface area (Å²) in [4.78, 5) is 9.90. The van der Waals surface area contributed by atoms with E-state index in [0.717, 1.165) is 11.8 Å². The molecule has 0 saturated carbocycles. The maximum atomic E-state index is 9.90. The zero-order valence-corrected chi connectivity index (χ0v) is 6.68. The number of rotatable bonds is 3. The van der Waals surface area contributed by atoms with Crippen LogP contribution in [0.4, 0.5) is 0 Å². The molecule has 0 aliphatic heterocycles. The maximum Gasteiger partial charge on any atom is 0.142 e. The van der Waals surface area contributed by atoms with Crippen LogP contribution >= 0.6 is 0 Å². The number of hydrogen-bond donors (Lipinski definition) is 0. The van der Waals surface area contributed by atoms with E-state index in [2.05, 4.69) is 0 Å². The summed E-state index contributed by atoms with van der Waals surface area (Å²) in [5.41, 5.74) is 1.13. The Hall–Kier alpha value is -1.63. The zero-order chi connectivity index (χ0) is 8.65. The number of allylic oxidation sites excluding steroid dienone is 3. The maximum absolute atomic E-state index is 9.90. The number of benzene rings is 1. The molecule has 0 N–H and O–H groups in total. The predicted molar refractivity (Wildman–Crippen MR) is 50.7 cm³/mol. The molecule has 1 heteroatoms. The Morgan fingerprint density at radius 2 is 1.67 bits per heavy atom. The molecule has 0 unspecified atom stereocenters. The van der Waals surface area contributed by atoms with Crippen LogP contribution in [0.15, 0.2) is 48.6 Å². The van der Waals surface area contributed by atoms with Crippen molar-refractivity contribution in [2.24, 2.45) is 0 Å². The fraction of sp³-hybridized carbons (Fsp3) is 0. The molecule has 0 heterocycles. The second-order valence-electron chi connectivity index (χ2n) is 2.29. The van der Waals surface area contributed by atoms with Gasteiger partial charge in [-0.3, -0.25) is 4.79 Å². The molecule has 1 aromatic rings. The molecule has 0 saturated heterocycles. The first-order chi connectivity index (χ1) is 5.93. The van der Waals surface area contributed by atoms with Gasteiger partial charge >= 0.3 is 0 Å². The van der Waals surface area contributed by atoms with Gasteiger partial charge in [0.05, 0.1) is 0 Å². The predicted octanol–water partition coefficient (Wildman–Crippen LogP) is 2.45. The van der Waals surface area contributed by atoms with Gasteiger partial charge < -0.3 is 0 Å². The van der Waals surface area contributed by atoms with Crippen molar-refractivity contribution in [2.75, 3.05) is 0 Å². The SMILES string of the molecule is O=CC=C/C=C/c1ccccc1. The summed E-state index contributed by atoms with van der Waals surface area (Å²) in [6, 6.07) is 9.93. The Labute approximate surface area is 72.0 Å². The van der Waals surface area contributed by atoms with Gasteiger partial charge in [0.2, 0.25) is 0 Å². The minimum atomic E-state index is 0.759. The van der Waals surface area contributed by atoms with Crippen LogP contribution in [-0.2, 0) is 4.79 Å². The highest BCUT2D eigenvalue weighted by atomic mass is 16.1. The summed E-state index contributed by atoms with van der Waals surface area (Å²) >= 11 is 0. The average Bonchev–Trinajstić information content (AvgIpc) is 2.14. The van der Waals surface area contributed by atoms with Gasteiger partial charge in [-0.25, -0.2) is 0 Å². The van der Waals surface area contributed by atoms with Crippen molar-refractivity contribution >= 4 is 12.4 Å². The van der Waals surface area contributed by atoms with Crippen LogP contribution < -0.4 is 0 Å². The van der Waals surface area contributed by atoms with Crippen LogP contribution in [0.3, 0.4) is 0 Å². The van der Waals surface area contributed by atoms with E-state index < -0.39 is 0 Å². The van der Waals surface area contributed by atoms with Gasteiger partial charge in [0, 0.05) is 0 Å². The third kappa shape index (κ3) is 2.97. The van der Waals surface area contributed by atoms with E-state index in [1.807, 2.05) is 42.5 Å². The van der Waals surface area contributed by atoms with E-state index in [1.54, 1.807) is 6.08 Å². The fourth-order valence-corrected chi connectivity index (χ4v) is 0.840. The lowest BCUT2D eigenvalue weighted by Crippen LogP contribution is -1.66. The van der Waals surface area contributed by atoms with Crippen molar-refractivity contribution in [3.05, 3.63) is 54.1 Å². The molecule has 0 aliphatic rings. The summed E-state index contributed by atoms with van der Waals surface area (Å²) in [7, 11) is 0. The quantitative estimate of drug-likeness (QED) is 0.375. The minimum absolute atomic E-state index is 0.759. The van der Waals surface area contributed by atoms with E-state index in [9.17, 15) is 4.79 Å². The lowest BCUT2D eigenvalue weighted by atomic mass is 10.2. The van der Waals surface area contributed by atoms with Gasteiger partial charge in [-0.15, -0.1) is 0 Å². The zero-order valence-electron chi connectivity index (χ0n) is 6.68. The van der Waals surface area contributed by atoms with Gasteiger partial charge in [0.25, 0.3) is 0 Å². The smallest absolute Gasteiger partial charge is 0.142 e. The number of carbonyl (C=O) groups is 1. The molecule has 0 spiro atoms. The highest BCUT2D eigenvalue weighted by Gasteiger charge is 1.78. The number of aldehydes is 1. The summed E-state index contributed by atoms with van der Waals surface area (Å²) in [6.45, 7) is 0. The van der Waals surface area contributed by atoms with E-state index in [4.69, 9.17) is 0 Å². The molecule has 1 rings (SSSR count). The minimum Gasteiger partial charge on any atom is -0.299 e. The summed E-state index contributed by atoms with van der Waals surface area (Å²) in [5, 5.41) is 0. The molecule has 12 heavy (non-hydrogen) atoms. The highest BCUT2D eigenvalue weighted by molar-refractivity contribution is 5.66. The number of hydrogen-bond acceptors (Lipinski definition) is 1. The second kappa shape index (κ2) is 5.08. The monoisotopic (exact) mass is 158 g/mol. The molecule has 1 aromatic carbocycles. The highest BCUT2D eigenvalue weighted by Crippen LogP contribution is 2.00. The molecule has 60 valence electrons. The van der Waals surface area contributed by atoms with Crippen LogP contribution in [0.5, 0.6) is 0 Å². The average molecular weight is 158 g/mol. The van der Waals surface area contributed by atoms with Crippen molar-refractivity contribution < 1.29 is 4.79 Å². The van der Waals surface area contributed by atoms with Crippen molar-refractivity contribution in [3.8, 4) is 0 Å². The van der Waals surface area contributed by atoms with E-state index in [1.165, 1.54) is 6.08 Å². The first kappa shape index (κ1) is 8.47. The molecule has 0 amide bonds. The van der Waals surface area contributed by atoms with Crippen LogP contribution in [0.25, 0.3) is 6.08 Å². The van der Waals surface area contributed by atoms with E-state index in [0.29, 0.717) is 0 Å². The first-order valence-corrected chi connectivity index (χ1v) is 3.77. The van der Waals surface area contributed by atoms with Gasteiger partial charge in [-0.2, -0.15) is 0 Å². The number of carbonyl (C=O) groups excluding carboxylic acids is 1.